The van der Waals surface area contributed by atoms with Gasteiger partial charge < -0.3 is 15.1 Å². The molecule has 25 heavy (non-hydrogen) atoms. The molecular formula is C18H19N3O4. The van der Waals surface area contributed by atoms with Crippen molar-refractivity contribution in [1.82, 2.24) is 15.5 Å². The zero-order chi connectivity index (χ0) is 18.0. The van der Waals surface area contributed by atoms with E-state index in [1.54, 1.807) is 19.1 Å². The van der Waals surface area contributed by atoms with Crippen LogP contribution in [0.3, 0.4) is 0 Å². The minimum Gasteiger partial charge on any atom is -0.466 e. The molecular weight excluding hydrogens is 322 g/mol. The van der Waals surface area contributed by atoms with Gasteiger partial charge in [-0.1, -0.05) is 24.3 Å². The Bertz CT molecular complexity index is 815. The number of hydrogen-bond donors (Lipinski definition) is 2. The van der Waals surface area contributed by atoms with Crippen LogP contribution in [0, 0.1) is 6.92 Å². The highest BCUT2D eigenvalue weighted by molar-refractivity contribution is 6.08. The molecule has 0 saturated carbocycles. The van der Waals surface area contributed by atoms with Crippen LogP contribution in [0.25, 0.3) is 0 Å². The van der Waals surface area contributed by atoms with Crippen LogP contribution in [0.5, 0.6) is 0 Å². The number of nitrogens with one attached hydrogen (secondary N) is 2. The topological polar surface area (TPSA) is 91.7 Å². The van der Waals surface area contributed by atoms with Crippen LogP contribution in [0.4, 0.5) is 4.79 Å². The summed E-state index contributed by atoms with van der Waals surface area (Å²) in [5.41, 5.74) is 0.744. The SMILES string of the molecule is Cc1ccccc1CNC(=O)CN1C(=O)NC(C)(c2ccco2)C1=O. The molecule has 0 spiro atoms. The minimum atomic E-state index is -1.29. The molecule has 2 heterocycles. The fourth-order valence-electron chi connectivity index (χ4n) is 2.77. The second-order valence-corrected chi connectivity index (χ2v) is 6.13. The summed E-state index contributed by atoms with van der Waals surface area (Å²) in [6.07, 6.45) is 1.43. The van der Waals surface area contributed by atoms with Gasteiger partial charge in [-0.25, -0.2) is 4.79 Å². The zero-order valence-corrected chi connectivity index (χ0v) is 14.0. The smallest absolute Gasteiger partial charge is 0.325 e. The largest absolute Gasteiger partial charge is 0.466 e. The third-order valence-corrected chi connectivity index (χ3v) is 4.33. The van der Waals surface area contributed by atoms with Crippen molar-refractivity contribution in [2.24, 2.45) is 0 Å². The normalized spacial score (nSPS) is 19.8. The second-order valence-electron chi connectivity index (χ2n) is 6.13. The van der Waals surface area contributed by atoms with Crippen LogP contribution < -0.4 is 10.6 Å². The van der Waals surface area contributed by atoms with Crippen molar-refractivity contribution in [1.29, 1.82) is 0 Å². The van der Waals surface area contributed by atoms with Gasteiger partial charge in [0.2, 0.25) is 5.91 Å². The Kier molecular flexibility index (Phi) is 4.31. The van der Waals surface area contributed by atoms with Gasteiger partial charge in [0.1, 0.15) is 12.3 Å². The molecule has 0 bridgehead atoms. The summed E-state index contributed by atoms with van der Waals surface area (Å²) in [6.45, 7) is 3.50. The molecule has 3 rings (SSSR count). The molecule has 1 aromatic carbocycles. The van der Waals surface area contributed by atoms with Crippen LogP contribution in [0.2, 0.25) is 0 Å². The van der Waals surface area contributed by atoms with Gasteiger partial charge in [0.05, 0.1) is 6.26 Å². The number of urea groups is 1. The molecule has 1 aliphatic rings. The van der Waals surface area contributed by atoms with E-state index in [0.717, 1.165) is 16.0 Å². The summed E-state index contributed by atoms with van der Waals surface area (Å²) in [4.78, 5) is 37.8. The van der Waals surface area contributed by atoms with E-state index in [1.807, 2.05) is 31.2 Å². The predicted octanol–water partition coefficient (Wildman–Crippen LogP) is 1.67. The lowest BCUT2D eigenvalue weighted by Crippen LogP contribution is -2.43. The Hall–Kier alpha value is -3.09. The third-order valence-electron chi connectivity index (χ3n) is 4.33. The first-order valence-electron chi connectivity index (χ1n) is 7.91. The molecule has 7 nitrogen and oxygen atoms in total. The van der Waals surface area contributed by atoms with E-state index in [2.05, 4.69) is 10.6 Å². The van der Waals surface area contributed by atoms with Crippen LogP contribution in [-0.2, 0) is 21.7 Å². The van der Waals surface area contributed by atoms with Gasteiger partial charge in [0.25, 0.3) is 5.91 Å². The first-order valence-corrected chi connectivity index (χ1v) is 7.91. The first kappa shape index (κ1) is 16.8. The zero-order valence-electron chi connectivity index (χ0n) is 14.0. The number of rotatable bonds is 5. The van der Waals surface area contributed by atoms with E-state index in [1.165, 1.54) is 6.26 Å². The van der Waals surface area contributed by atoms with Gasteiger partial charge in [0, 0.05) is 6.54 Å². The van der Waals surface area contributed by atoms with Gasteiger partial charge in [-0.3, -0.25) is 14.5 Å². The average Bonchev–Trinajstić information content (AvgIpc) is 3.19. The maximum Gasteiger partial charge on any atom is 0.325 e. The van der Waals surface area contributed by atoms with E-state index in [9.17, 15) is 14.4 Å². The van der Waals surface area contributed by atoms with E-state index >= 15 is 0 Å². The van der Waals surface area contributed by atoms with Gasteiger partial charge >= 0.3 is 6.03 Å². The molecule has 4 amide bonds. The van der Waals surface area contributed by atoms with Gasteiger partial charge in [-0.15, -0.1) is 0 Å². The summed E-state index contributed by atoms with van der Waals surface area (Å²) in [5, 5.41) is 5.32. The maximum atomic E-state index is 12.6. The molecule has 0 radical (unpaired) electrons. The molecule has 1 atom stereocenters. The highest BCUT2D eigenvalue weighted by Crippen LogP contribution is 2.28. The lowest BCUT2D eigenvalue weighted by atomic mass is 9.99. The number of benzene rings is 1. The van der Waals surface area contributed by atoms with Crippen LogP contribution in [0.15, 0.2) is 47.1 Å². The fraction of sp³-hybridized carbons (Fsp3) is 0.278. The van der Waals surface area contributed by atoms with Crippen molar-refractivity contribution in [2.45, 2.75) is 25.9 Å². The number of imide groups is 1. The summed E-state index contributed by atoms with van der Waals surface area (Å²) >= 11 is 0. The molecule has 130 valence electrons. The van der Waals surface area contributed by atoms with Crippen molar-refractivity contribution in [3.05, 3.63) is 59.5 Å². The quantitative estimate of drug-likeness (QED) is 0.809. The fourth-order valence-corrected chi connectivity index (χ4v) is 2.77. The van der Waals surface area contributed by atoms with Gasteiger partial charge in [-0.2, -0.15) is 0 Å². The van der Waals surface area contributed by atoms with Crippen LogP contribution in [-0.4, -0.2) is 29.3 Å². The lowest BCUT2D eigenvalue weighted by molar-refractivity contribution is -0.135. The van der Waals surface area contributed by atoms with Crippen LogP contribution >= 0.6 is 0 Å². The van der Waals surface area contributed by atoms with E-state index in [0.29, 0.717) is 12.3 Å². The highest BCUT2D eigenvalue weighted by atomic mass is 16.3. The number of carbonyl (C=O) groups is 3. The van der Waals surface area contributed by atoms with E-state index in [-0.39, 0.29) is 6.54 Å². The molecule has 2 aromatic rings. The Morgan fingerprint density at radius 1 is 1.24 bits per heavy atom. The average molecular weight is 341 g/mol. The van der Waals surface area contributed by atoms with E-state index < -0.39 is 23.4 Å². The molecule has 1 aromatic heterocycles. The van der Waals surface area contributed by atoms with Crippen molar-refractivity contribution in [3.8, 4) is 0 Å². The third kappa shape index (κ3) is 3.13. The molecule has 1 saturated heterocycles. The minimum absolute atomic E-state index is 0.327. The van der Waals surface area contributed by atoms with Crippen molar-refractivity contribution in [2.75, 3.05) is 6.54 Å². The number of amides is 4. The van der Waals surface area contributed by atoms with E-state index in [4.69, 9.17) is 4.42 Å². The monoisotopic (exact) mass is 341 g/mol. The van der Waals surface area contributed by atoms with Crippen molar-refractivity contribution < 1.29 is 18.8 Å². The molecule has 0 aliphatic carbocycles. The summed E-state index contributed by atoms with van der Waals surface area (Å²) in [7, 11) is 0. The van der Waals surface area contributed by atoms with Gasteiger partial charge in [-0.05, 0) is 37.1 Å². The molecule has 2 N–H and O–H groups in total. The van der Waals surface area contributed by atoms with Crippen LogP contribution in [0.1, 0.15) is 23.8 Å². The Balaban J connectivity index is 1.64. The Morgan fingerprint density at radius 2 is 2.00 bits per heavy atom. The number of nitrogens with zero attached hydrogens (tertiary/aromatic N) is 1. The Labute approximate surface area is 145 Å². The first-order chi connectivity index (χ1) is 11.9. The van der Waals surface area contributed by atoms with Crippen molar-refractivity contribution >= 4 is 17.8 Å². The maximum absolute atomic E-state index is 12.6. The van der Waals surface area contributed by atoms with Gasteiger partial charge in [0.15, 0.2) is 5.54 Å². The lowest BCUT2D eigenvalue weighted by Gasteiger charge is -2.18. The summed E-state index contributed by atoms with van der Waals surface area (Å²) < 4.78 is 5.25. The number of hydrogen-bond acceptors (Lipinski definition) is 4. The number of carbonyl (C=O) groups excluding carboxylic acids is 3. The molecule has 1 fully saturated rings. The predicted molar refractivity (Wildman–Crippen MR) is 89.3 cm³/mol. The Morgan fingerprint density at radius 3 is 2.68 bits per heavy atom. The number of furan rings is 1. The molecule has 1 unspecified atom stereocenters. The molecule has 7 heteroatoms. The standard InChI is InChI=1S/C18H19N3O4/c1-12-6-3-4-7-13(12)10-19-15(22)11-21-16(23)18(2,20-17(21)24)14-8-5-9-25-14/h3-9H,10-11H2,1-2H3,(H,19,22)(H,20,24). The summed E-state index contributed by atoms with van der Waals surface area (Å²) in [6, 6.07) is 10.3. The second kappa shape index (κ2) is 6.43. The molecule has 1 aliphatic heterocycles. The van der Waals surface area contributed by atoms with Crippen molar-refractivity contribution in [3.63, 3.8) is 0 Å². The summed E-state index contributed by atoms with van der Waals surface area (Å²) in [5.74, 6) is -0.595. The highest BCUT2D eigenvalue weighted by Gasteiger charge is 2.51. The number of aryl methyl sites for hydroxylation is 1.